The molecule has 7 nitrogen and oxygen atoms in total. The Bertz CT molecular complexity index is 1110. The van der Waals surface area contributed by atoms with Crippen molar-refractivity contribution in [3.8, 4) is 0 Å². The monoisotopic (exact) mass is 500 g/mol. The molecule has 170 valence electrons. The lowest BCUT2D eigenvalue weighted by Crippen LogP contribution is -2.51. The molecule has 0 bridgehead atoms. The zero-order chi connectivity index (χ0) is 23.4. The fourth-order valence-electron chi connectivity index (χ4n) is 3.44. The van der Waals surface area contributed by atoms with Crippen LogP contribution in [-0.4, -0.2) is 45.2 Å². The third kappa shape index (κ3) is 5.75. The summed E-state index contributed by atoms with van der Waals surface area (Å²) in [6.45, 7) is 8.18. The second-order valence-electron chi connectivity index (χ2n) is 8.42. The molecule has 0 aliphatic heterocycles. The van der Waals surface area contributed by atoms with E-state index in [1.165, 1.54) is 5.56 Å². The number of hydrogen-bond donors (Lipinski definition) is 3. The maximum atomic E-state index is 12.7. The molecule has 0 saturated carbocycles. The highest BCUT2D eigenvalue weighted by Crippen LogP contribution is 2.18. The molecule has 0 radical (unpaired) electrons. The lowest BCUT2D eigenvalue weighted by Gasteiger charge is -2.23. The summed E-state index contributed by atoms with van der Waals surface area (Å²) in [7, 11) is 0. The molecular weight excluding hydrogens is 472 g/mol. The van der Waals surface area contributed by atoms with Crippen molar-refractivity contribution in [3.63, 3.8) is 0 Å². The smallest absolute Gasteiger partial charge is 0.251 e. The minimum absolute atomic E-state index is 0.0702. The minimum Gasteiger partial charge on any atom is -0.389 e. The van der Waals surface area contributed by atoms with Gasteiger partial charge in [-0.3, -0.25) is 9.59 Å². The van der Waals surface area contributed by atoms with Gasteiger partial charge in [-0.2, -0.15) is 0 Å². The average molecular weight is 501 g/mol. The summed E-state index contributed by atoms with van der Waals surface area (Å²) < 4.78 is 2.76. The zero-order valence-corrected chi connectivity index (χ0v) is 20.3. The second-order valence-corrected chi connectivity index (χ2v) is 9.34. The molecule has 32 heavy (non-hydrogen) atoms. The summed E-state index contributed by atoms with van der Waals surface area (Å²) in [5, 5.41) is 16.1. The number of fused-ring (bicyclic) bond motifs is 1. The van der Waals surface area contributed by atoms with Gasteiger partial charge in [0, 0.05) is 16.6 Å². The number of benzene rings is 2. The Labute approximate surface area is 196 Å². The quantitative estimate of drug-likeness (QED) is 0.441. The Hall–Kier alpha value is -2.71. The van der Waals surface area contributed by atoms with Crippen LogP contribution in [0.25, 0.3) is 11.0 Å². The number of halogens is 1. The highest BCUT2D eigenvalue weighted by molar-refractivity contribution is 9.10. The van der Waals surface area contributed by atoms with Crippen molar-refractivity contribution in [3.05, 3.63) is 63.9 Å². The van der Waals surface area contributed by atoms with E-state index in [0.29, 0.717) is 12.1 Å². The summed E-state index contributed by atoms with van der Waals surface area (Å²) in [5.41, 5.74) is 4.62. The van der Waals surface area contributed by atoms with Crippen LogP contribution in [0.2, 0.25) is 0 Å². The van der Waals surface area contributed by atoms with Crippen molar-refractivity contribution >= 4 is 38.8 Å². The van der Waals surface area contributed by atoms with Gasteiger partial charge >= 0.3 is 0 Å². The number of amides is 2. The van der Waals surface area contributed by atoms with E-state index in [4.69, 9.17) is 0 Å². The average Bonchev–Trinajstić information content (AvgIpc) is 3.11. The van der Waals surface area contributed by atoms with Gasteiger partial charge in [-0.15, -0.1) is 0 Å². The van der Waals surface area contributed by atoms with E-state index in [0.717, 1.165) is 21.1 Å². The number of nitrogens with zero attached hydrogens (tertiary/aromatic N) is 2. The molecule has 0 aliphatic carbocycles. The maximum Gasteiger partial charge on any atom is 0.251 e. The SMILES string of the molecule is Cc1cc2ncn(CC(O)CNC(=O)C(NC(=O)c3ccc(Br)cc3)C(C)C)c2cc1C. The Morgan fingerprint density at radius 1 is 1.12 bits per heavy atom. The molecule has 2 amide bonds. The van der Waals surface area contributed by atoms with Crippen LogP contribution in [0.3, 0.4) is 0 Å². The van der Waals surface area contributed by atoms with Gasteiger partial charge < -0.3 is 20.3 Å². The first-order chi connectivity index (χ1) is 15.2. The van der Waals surface area contributed by atoms with Gasteiger partial charge in [-0.1, -0.05) is 29.8 Å². The number of rotatable bonds is 8. The summed E-state index contributed by atoms with van der Waals surface area (Å²) in [6.07, 6.45) is 0.900. The van der Waals surface area contributed by atoms with E-state index in [1.807, 2.05) is 38.3 Å². The number of nitrogens with one attached hydrogen (secondary N) is 2. The first kappa shape index (κ1) is 23.9. The number of carbonyl (C=O) groups is 2. The molecule has 3 aromatic rings. The van der Waals surface area contributed by atoms with E-state index in [9.17, 15) is 14.7 Å². The lowest BCUT2D eigenvalue weighted by atomic mass is 10.0. The zero-order valence-electron chi connectivity index (χ0n) is 18.7. The standard InChI is InChI=1S/C24H29BrN4O3/c1-14(2)22(28-23(31)17-5-7-18(25)8-6-17)24(32)26-11-19(30)12-29-13-27-20-9-15(3)16(4)10-21(20)29/h5-10,13-14,19,22,30H,11-12H2,1-4H3,(H,26,32)(H,28,31). The van der Waals surface area contributed by atoms with Crippen LogP contribution in [0.4, 0.5) is 0 Å². The van der Waals surface area contributed by atoms with Crippen LogP contribution < -0.4 is 10.6 Å². The predicted molar refractivity (Wildman–Crippen MR) is 128 cm³/mol. The Kier molecular flexibility index (Phi) is 7.69. The fraction of sp³-hybridized carbons (Fsp3) is 0.375. The maximum absolute atomic E-state index is 12.7. The molecular formula is C24H29BrN4O3. The predicted octanol–water partition coefficient (Wildman–Crippen LogP) is 3.35. The number of aromatic nitrogens is 2. The highest BCUT2D eigenvalue weighted by Gasteiger charge is 2.25. The molecule has 0 fully saturated rings. The van der Waals surface area contributed by atoms with Gasteiger partial charge in [0.25, 0.3) is 5.91 Å². The number of carbonyl (C=O) groups excluding carboxylic acids is 2. The number of hydrogen-bond acceptors (Lipinski definition) is 4. The summed E-state index contributed by atoms with van der Waals surface area (Å²) in [4.78, 5) is 29.7. The second kappa shape index (κ2) is 10.3. The van der Waals surface area contributed by atoms with Crippen LogP contribution in [0.15, 0.2) is 47.2 Å². The minimum atomic E-state index is -0.798. The molecule has 3 N–H and O–H groups in total. The largest absolute Gasteiger partial charge is 0.389 e. The number of aliphatic hydroxyl groups is 1. The third-order valence-corrected chi connectivity index (χ3v) is 6.03. The van der Waals surface area contributed by atoms with E-state index >= 15 is 0 Å². The van der Waals surface area contributed by atoms with Gasteiger partial charge in [-0.25, -0.2) is 4.98 Å². The number of aliphatic hydroxyl groups excluding tert-OH is 1. The Balaban J connectivity index is 1.59. The van der Waals surface area contributed by atoms with E-state index < -0.39 is 12.1 Å². The highest BCUT2D eigenvalue weighted by atomic mass is 79.9. The molecule has 8 heteroatoms. The van der Waals surface area contributed by atoms with Crippen molar-refractivity contribution in [2.45, 2.75) is 46.4 Å². The summed E-state index contributed by atoms with van der Waals surface area (Å²) in [6, 6.07) is 10.3. The van der Waals surface area contributed by atoms with Crippen LogP contribution in [0, 0.1) is 19.8 Å². The van der Waals surface area contributed by atoms with Crippen LogP contribution in [0.5, 0.6) is 0 Å². The van der Waals surface area contributed by atoms with Gasteiger partial charge in [0.05, 0.1) is 30.0 Å². The Morgan fingerprint density at radius 2 is 1.78 bits per heavy atom. The number of aryl methyl sites for hydroxylation is 2. The van der Waals surface area contributed by atoms with Gasteiger partial charge in [0.2, 0.25) is 5.91 Å². The molecule has 0 spiro atoms. The van der Waals surface area contributed by atoms with Gasteiger partial charge in [0.1, 0.15) is 6.04 Å². The third-order valence-electron chi connectivity index (χ3n) is 5.50. The molecule has 1 heterocycles. The topological polar surface area (TPSA) is 96.2 Å². The number of imidazole rings is 1. The molecule has 0 saturated heterocycles. The van der Waals surface area contributed by atoms with Gasteiger partial charge in [-0.05, 0) is 67.3 Å². The normalized spacial score (nSPS) is 13.2. The van der Waals surface area contributed by atoms with Crippen LogP contribution in [0.1, 0.15) is 35.3 Å². The van der Waals surface area contributed by atoms with E-state index in [-0.39, 0.29) is 24.3 Å². The summed E-state index contributed by atoms with van der Waals surface area (Å²) in [5.74, 6) is -0.760. The molecule has 2 unspecified atom stereocenters. The molecule has 1 aromatic heterocycles. The van der Waals surface area contributed by atoms with Crippen LogP contribution >= 0.6 is 15.9 Å². The van der Waals surface area contributed by atoms with Crippen LogP contribution in [-0.2, 0) is 11.3 Å². The molecule has 0 aliphatic rings. The van der Waals surface area contributed by atoms with Crippen molar-refractivity contribution in [2.24, 2.45) is 5.92 Å². The fourth-order valence-corrected chi connectivity index (χ4v) is 3.70. The first-order valence-electron chi connectivity index (χ1n) is 10.6. The van der Waals surface area contributed by atoms with Crippen molar-refractivity contribution in [1.82, 2.24) is 20.2 Å². The molecule has 2 atom stereocenters. The van der Waals surface area contributed by atoms with E-state index in [1.54, 1.807) is 30.6 Å². The first-order valence-corrected chi connectivity index (χ1v) is 11.4. The van der Waals surface area contributed by atoms with E-state index in [2.05, 4.69) is 37.6 Å². The molecule has 3 rings (SSSR count). The Morgan fingerprint density at radius 3 is 2.44 bits per heavy atom. The van der Waals surface area contributed by atoms with Crippen molar-refractivity contribution < 1.29 is 14.7 Å². The van der Waals surface area contributed by atoms with Gasteiger partial charge in [0.15, 0.2) is 0 Å². The van der Waals surface area contributed by atoms with Crippen molar-refractivity contribution in [1.29, 1.82) is 0 Å². The molecule has 2 aromatic carbocycles. The van der Waals surface area contributed by atoms with Crippen molar-refractivity contribution in [2.75, 3.05) is 6.54 Å². The summed E-state index contributed by atoms with van der Waals surface area (Å²) >= 11 is 3.34. The lowest BCUT2D eigenvalue weighted by molar-refractivity contribution is -0.124.